The molecule has 3 rings (SSSR count). The van der Waals surface area contributed by atoms with Crippen molar-refractivity contribution >= 4 is 17.6 Å². The van der Waals surface area contributed by atoms with Crippen molar-refractivity contribution in [2.24, 2.45) is 23.7 Å². The van der Waals surface area contributed by atoms with Crippen molar-refractivity contribution in [1.82, 2.24) is 0 Å². The van der Waals surface area contributed by atoms with Crippen molar-refractivity contribution in [3.05, 3.63) is 36.4 Å². The maximum absolute atomic E-state index is 12.4. The van der Waals surface area contributed by atoms with Crippen LogP contribution in [0.3, 0.4) is 0 Å². The van der Waals surface area contributed by atoms with Crippen LogP contribution in [-0.2, 0) is 9.59 Å². The highest BCUT2D eigenvalue weighted by atomic mass is 16.4. The first-order valence-corrected chi connectivity index (χ1v) is 6.58. The van der Waals surface area contributed by atoms with E-state index in [0.29, 0.717) is 5.69 Å². The van der Waals surface area contributed by atoms with Gasteiger partial charge in [-0.1, -0.05) is 24.3 Å². The number of phenolic OH excluding ortho intramolecular Hbond substituents is 1. The van der Waals surface area contributed by atoms with E-state index < -0.39 is 17.8 Å². The molecule has 2 aliphatic carbocycles. The quantitative estimate of drug-likeness (QED) is 0.579. The molecule has 4 unspecified atom stereocenters. The number of aliphatic carboxylic acids is 1. The summed E-state index contributed by atoms with van der Waals surface area (Å²) in [7, 11) is 0. The van der Waals surface area contributed by atoms with Gasteiger partial charge in [0.15, 0.2) is 0 Å². The number of para-hydroxylation sites is 2. The number of fused-ring (bicyclic) bond motifs is 2. The summed E-state index contributed by atoms with van der Waals surface area (Å²) in [6.07, 6.45) is 4.54. The molecule has 4 atom stereocenters. The first-order chi connectivity index (χ1) is 9.58. The van der Waals surface area contributed by atoms with Crippen LogP contribution in [0.4, 0.5) is 5.69 Å². The molecular formula is C15H15NO4. The molecule has 0 saturated heterocycles. The number of hydrogen-bond donors (Lipinski definition) is 3. The van der Waals surface area contributed by atoms with Crippen molar-refractivity contribution in [3.63, 3.8) is 0 Å². The predicted octanol–water partition coefficient (Wildman–Crippen LogP) is 1.85. The standard InChI is InChI=1S/C15H15NO4/c17-11-4-2-1-3-10(11)16-14(18)12-8-5-6-9(7-8)13(12)15(19)20/h1-6,8-9,12-13,17H,7H2,(H,16,18)(H,19,20). The molecule has 0 aromatic heterocycles. The summed E-state index contributed by atoms with van der Waals surface area (Å²) in [6, 6.07) is 6.42. The van der Waals surface area contributed by atoms with Crippen LogP contribution in [0.15, 0.2) is 36.4 Å². The van der Waals surface area contributed by atoms with E-state index in [1.165, 1.54) is 6.07 Å². The summed E-state index contributed by atoms with van der Waals surface area (Å²) < 4.78 is 0. The number of nitrogens with one attached hydrogen (secondary N) is 1. The van der Waals surface area contributed by atoms with Crippen molar-refractivity contribution in [2.45, 2.75) is 6.42 Å². The Morgan fingerprint density at radius 1 is 1.10 bits per heavy atom. The molecule has 0 spiro atoms. The molecule has 1 aromatic carbocycles. The van der Waals surface area contributed by atoms with Crippen LogP contribution >= 0.6 is 0 Å². The largest absolute Gasteiger partial charge is 0.506 e. The lowest BCUT2D eigenvalue weighted by Gasteiger charge is -2.24. The maximum atomic E-state index is 12.4. The second-order valence-corrected chi connectivity index (χ2v) is 5.34. The topological polar surface area (TPSA) is 86.6 Å². The zero-order valence-electron chi connectivity index (χ0n) is 10.7. The number of carbonyl (C=O) groups excluding carboxylic acids is 1. The highest BCUT2D eigenvalue weighted by molar-refractivity contribution is 5.97. The number of aromatic hydroxyl groups is 1. The average Bonchev–Trinajstić information content (AvgIpc) is 3.01. The minimum Gasteiger partial charge on any atom is -0.506 e. The summed E-state index contributed by atoms with van der Waals surface area (Å²) >= 11 is 0. The van der Waals surface area contributed by atoms with Crippen LogP contribution < -0.4 is 5.32 Å². The number of hydrogen-bond acceptors (Lipinski definition) is 3. The van der Waals surface area contributed by atoms with Crippen LogP contribution in [0.2, 0.25) is 0 Å². The molecule has 1 aromatic rings. The second-order valence-electron chi connectivity index (χ2n) is 5.34. The molecule has 2 bridgehead atoms. The van der Waals surface area contributed by atoms with Gasteiger partial charge >= 0.3 is 5.97 Å². The van der Waals surface area contributed by atoms with E-state index in [1.54, 1.807) is 18.2 Å². The van der Waals surface area contributed by atoms with E-state index in [0.717, 1.165) is 6.42 Å². The Bertz CT molecular complexity index is 595. The molecule has 1 saturated carbocycles. The normalized spacial score (nSPS) is 30.4. The maximum Gasteiger partial charge on any atom is 0.307 e. The average molecular weight is 273 g/mol. The Balaban J connectivity index is 1.82. The highest BCUT2D eigenvalue weighted by Crippen LogP contribution is 2.48. The van der Waals surface area contributed by atoms with E-state index in [1.807, 2.05) is 12.2 Å². The molecule has 5 nitrogen and oxygen atoms in total. The van der Waals surface area contributed by atoms with Crippen molar-refractivity contribution in [1.29, 1.82) is 0 Å². The number of carboxylic acid groups (broad SMARTS) is 1. The van der Waals surface area contributed by atoms with Gasteiger partial charge in [-0.2, -0.15) is 0 Å². The van der Waals surface area contributed by atoms with E-state index >= 15 is 0 Å². The third-order valence-corrected chi connectivity index (χ3v) is 4.21. The van der Waals surface area contributed by atoms with Crippen LogP contribution in [0.5, 0.6) is 5.75 Å². The second kappa shape index (κ2) is 4.67. The Morgan fingerprint density at radius 3 is 2.40 bits per heavy atom. The van der Waals surface area contributed by atoms with Crippen LogP contribution in [0.25, 0.3) is 0 Å². The summed E-state index contributed by atoms with van der Waals surface area (Å²) in [5.41, 5.74) is 0.313. The number of allylic oxidation sites excluding steroid dienone is 2. The number of benzene rings is 1. The number of phenols is 1. The molecule has 3 N–H and O–H groups in total. The van der Waals surface area contributed by atoms with Gasteiger partial charge in [0.25, 0.3) is 0 Å². The Kier molecular flexibility index (Phi) is 2.97. The fourth-order valence-corrected chi connectivity index (χ4v) is 3.31. The minimum atomic E-state index is -0.931. The molecule has 0 heterocycles. The Hall–Kier alpha value is -2.30. The van der Waals surface area contributed by atoms with E-state index in [2.05, 4.69) is 5.32 Å². The van der Waals surface area contributed by atoms with Crippen molar-refractivity contribution in [2.75, 3.05) is 5.32 Å². The zero-order valence-corrected chi connectivity index (χ0v) is 10.7. The van der Waals surface area contributed by atoms with Gasteiger partial charge in [-0.25, -0.2) is 0 Å². The van der Waals surface area contributed by atoms with Crippen LogP contribution in [-0.4, -0.2) is 22.1 Å². The fourth-order valence-electron chi connectivity index (χ4n) is 3.31. The molecule has 1 amide bonds. The van der Waals surface area contributed by atoms with Gasteiger partial charge in [0.1, 0.15) is 5.75 Å². The third kappa shape index (κ3) is 1.95. The van der Waals surface area contributed by atoms with Gasteiger partial charge in [-0.05, 0) is 30.4 Å². The van der Waals surface area contributed by atoms with Gasteiger partial charge in [-0.3, -0.25) is 9.59 Å². The number of rotatable bonds is 3. The van der Waals surface area contributed by atoms with E-state index in [9.17, 15) is 19.8 Å². The predicted molar refractivity (Wildman–Crippen MR) is 72.1 cm³/mol. The smallest absolute Gasteiger partial charge is 0.307 e. The lowest BCUT2D eigenvalue weighted by Crippen LogP contribution is -2.36. The van der Waals surface area contributed by atoms with Gasteiger partial charge in [-0.15, -0.1) is 0 Å². The number of carbonyl (C=O) groups is 2. The van der Waals surface area contributed by atoms with Crippen molar-refractivity contribution in [3.8, 4) is 5.75 Å². The molecule has 2 aliphatic rings. The van der Waals surface area contributed by atoms with Gasteiger partial charge in [0.2, 0.25) is 5.91 Å². The monoisotopic (exact) mass is 273 g/mol. The van der Waals surface area contributed by atoms with Crippen LogP contribution in [0, 0.1) is 23.7 Å². The van der Waals surface area contributed by atoms with E-state index in [-0.39, 0.29) is 23.5 Å². The number of amides is 1. The fraction of sp³-hybridized carbons (Fsp3) is 0.333. The SMILES string of the molecule is O=C(O)C1C2C=CC(C2)C1C(=O)Nc1ccccc1O. The molecule has 5 heteroatoms. The molecule has 20 heavy (non-hydrogen) atoms. The molecular weight excluding hydrogens is 258 g/mol. The van der Waals surface area contributed by atoms with E-state index in [4.69, 9.17) is 0 Å². The Morgan fingerprint density at radius 2 is 1.75 bits per heavy atom. The van der Waals surface area contributed by atoms with Crippen LogP contribution in [0.1, 0.15) is 6.42 Å². The Labute approximate surface area is 115 Å². The summed E-state index contributed by atoms with van der Waals surface area (Å²) in [6.45, 7) is 0. The highest BCUT2D eigenvalue weighted by Gasteiger charge is 2.51. The number of anilines is 1. The van der Waals surface area contributed by atoms with Gasteiger partial charge in [0.05, 0.1) is 17.5 Å². The summed E-state index contributed by atoms with van der Waals surface area (Å²) in [4.78, 5) is 23.7. The molecule has 0 aliphatic heterocycles. The first kappa shape index (κ1) is 12.7. The van der Waals surface area contributed by atoms with Crippen molar-refractivity contribution < 1.29 is 19.8 Å². The molecule has 0 radical (unpaired) electrons. The third-order valence-electron chi connectivity index (χ3n) is 4.21. The molecule has 104 valence electrons. The summed E-state index contributed by atoms with van der Waals surface area (Å²) in [5, 5.41) is 21.6. The lowest BCUT2D eigenvalue weighted by atomic mass is 9.82. The van der Waals surface area contributed by atoms with Gasteiger partial charge in [0, 0.05) is 0 Å². The summed E-state index contributed by atoms with van der Waals surface area (Å²) in [5.74, 6) is -2.61. The minimum absolute atomic E-state index is 0.0213. The molecule has 1 fully saturated rings. The first-order valence-electron chi connectivity index (χ1n) is 6.58. The lowest BCUT2D eigenvalue weighted by molar-refractivity contribution is -0.146. The number of carboxylic acids is 1. The van der Waals surface area contributed by atoms with Gasteiger partial charge < -0.3 is 15.5 Å². The zero-order chi connectivity index (χ0) is 14.3.